The molecule has 0 aliphatic rings. The molecule has 24 heavy (non-hydrogen) atoms. The molecule has 4 nitrogen and oxygen atoms in total. The standard InChI is InChI=1S/C18H37NO3.C2H6/c1-15(2)13-22-11-10-21-9-8-19-16(20)12-18(6,7)14-17(3,4)5;1-2/h15H,8-14H2,1-7H3,(H,19,20);1-2H3. The van der Waals surface area contributed by atoms with Crippen LogP contribution in [0.15, 0.2) is 0 Å². The highest BCUT2D eigenvalue weighted by molar-refractivity contribution is 5.76. The van der Waals surface area contributed by atoms with Crippen molar-refractivity contribution in [3.63, 3.8) is 0 Å². The lowest BCUT2D eigenvalue weighted by Gasteiger charge is -2.31. The van der Waals surface area contributed by atoms with Crippen LogP contribution in [0.3, 0.4) is 0 Å². The zero-order valence-corrected chi connectivity index (χ0v) is 17.8. The molecule has 0 aromatic heterocycles. The zero-order chi connectivity index (χ0) is 19.2. The zero-order valence-electron chi connectivity index (χ0n) is 17.8. The lowest BCUT2D eigenvalue weighted by molar-refractivity contribution is -0.123. The van der Waals surface area contributed by atoms with Crippen LogP contribution >= 0.6 is 0 Å². The number of amides is 1. The van der Waals surface area contributed by atoms with Crippen LogP contribution in [0.5, 0.6) is 0 Å². The summed E-state index contributed by atoms with van der Waals surface area (Å²) in [4.78, 5) is 12.0. The highest BCUT2D eigenvalue weighted by atomic mass is 16.5. The number of hydrogen-bond donors (Lipinski definition) is 1. The van der Waals surface area contributed by atoms with Gasteiger partial charge in [-0.2, -0.15) is 0 Å². The Bertz CT molecular complexity index is 306. The molecular weight excluding hydrogens is 302 g/mol. The van der Waals surface area contributed by atoms with Gasteiger partial charge < -0.3 is 14.8 Å². The Morgan fingerprint density at radius 1 is 0.958 bits per heavy atom. The van der Waals surface area contributed by atoms with Crippen LogP contribution in [0, 0.1) is 16.7 Å². The SMILES string of the molecule is CC.CC(C)COCCOCCNC(=O)CC(C)(C)CC(C)(C)C. The Balaban J connectivity index is 0. The predicted molar refractivity (Wildman–Crippen MR) is 103 cm³/mol. The first-order chi connectivity index (χ1) is 11.0. The summed E-state index contributed by atoms with van der Waals surface area (Å²) < 4.78 is 10.9. The number of carbonyl (C=O) groups is 1. The summed E-state index contributed by atoms with van der Waals surface area (Å²) in [6, 6.07) is 0. The molecule has 0 atom stereocenters. The summed E-state index contributed by atoms with van der Waals surface area (Å²) in [6.07, 6.45) is 1.58. The minimum atomic E-state index is 0.0217. The van der Waals surface area contributed by atoms with Gasteiger partial charge in [-0.3, -0.25) is 4.79 Å². The Labute approximate surface area is 151 Å². The Morgan fingerprint density at radius 3 is 2.00 bits per heavy atom. The van der Waals surface area contributed by atoms with E-state index in [2.05, 4.69) is 53.8 Å². The number of hydrogen-bond acceptors (Lipinski definition) is 3. The first-order valence-corrected chi connectivity index (χ1v) is 9.44. The number of carbonyl (C=O) groups excluding carboxylic acids is 1. The summed E-state index contributed by atoms with van der Waals surface area (Å²) >= 11 is 0. The van der Waals surface area contributed by atoms with E-state index in [-0.39, 0.29) is 16.7 Å². The molecule has 0 aliphatic heterocycles. The van der Waals surface area contributed by atoms with Crippen LogP contribution in [-0.4, -0.2) is 38.9 Å². The van der Waals surface area contributed by atoms with E-state index in [4.69, 9.17) is 9.47 Å². The van der Waals surface area contributed by atoms with Gasteiger partial charge in [0, 0.05) is 19.6 Å². The van der Waals surface area contributed by atoms with Crippen LogP contribution in [0.25, 0.3) is 0 Å². The molecule has 0 unspecified atom stereocenters. The molecule has 0 spiro atoms. The van der Waals surface area contributed by atoms with Crippen molar-refractivity contribution in [2.24, 2.45) is 16.7 Å². The first kappa shape index (κ1) is 25.6. The molecule has 0 saturated heterocycles. The van der Waals surface area contributed by atoms with Crippen molar-refractivity contribution >= 4 is 5.91 Å². The van der Waals surface area contributed by atoms with Gasteiger partial charge in [0.1, 0.15) is 0 Å². The third-order valence-electron chi connectivity index (χ3n) is 3.04. The predicted octanol–water partition coefficient (Wildman–Crippen LogP) is 4.67. The lowest BCUT2D eigenvalue weighted by atomic mass is 9.74. The van der Waals surface area contributed by atoms with E-state index < -0.39 is 0 Å². The van der Waals surface area contributed by atoms with Crippen molar-refractivity contribution in [1.29, 1.82) is 0 Å². The highest BCUT2D eigenvalue weighted by Gasteiger charge is 2.27. The summed E-state index contributed by atoms with van der Waals surface area (Å²) in [6.45, 7) is 22.2. The average Bonchev–Trinajstić information content (AvgIpc) is 2.40. The minimum Gasteiger partial charge on any atom is -0.379 e. The number of rotatable bonds is 11. The molecule has 0 bridgehead atoms. The lowest BCUT2D eigenvalue weighted by Crippen LogP contribution is -2.33. The van der Waals surface area contributed by atoms with Crippen LogP contribution in [0.2, 0.25) is 0 Å². The number of nitrogens with one attached hydrogen (secondary N) is 1. The van der Waals surface area contributed by atoms with Crippen molar-refractivity contribution in [1.82, 2.24) is 5.32 Å². The maximum Gasteiger partial charge on any atom is 0.220 e. The van der Waals surface area contributed by atoms with Gasteiger partial charge in [-0.05, 0) is 23.2 Å². The molecule has 0 heterocycles. The van der Waals surface area contributed by atoms with Gasteiger partial charge in [-0.25, -0.2) is 0 Å². The maximum absolute atomic E-state index is 12.0. The summed E-state index contributed by atoms with van der Waals surface area (Å²) in [5.41, 5.74) is 0.261. The average molecular weight is 346 g/mol. The van der Waals surface area contributed by atoms with Gasteiger partial charge in [-0.15, -0.1) is 0 Å². The molecule has 0 aliphatic carbocycles. The fourth-order valence-electron chi connectivity index (χ4n) is 2.80. The van der Waals surface area contributed by atoms with Gasteiger partial charge >= 0.3 is 0 Å². The fraction of sp³-hybridized carbons (Fsp3) is 0.950. The fourth-order valence-corrected chi connectivity index (χ4v) is 2.80. The molecule has 0 aromatic carbocycles. The molecule has 0 saturated carbocycles. The van der Waals surface area contributed by atoms with Crippen molar-refractivity contribution < 1.29 is 14.3 Å². The molecule has 0 fully saturated rings. The molecule has 0 radical (unpaired) electrons. The third-order valence-corrected chi connectivity index (χ3v) is 3.04. The number of ether oxygens (including phenoxy) is 2. The monoisotopic (exact) mass is 345 g/mol. The quantitative estimate of drug-likeness (QED) is 0.554. The van der Waals surface area contributed by atoms with Gasteiger partial charge in [0.25, 0.3) is 0 Å². The van der Waals surface area contributed by atoms with E-state index in [1.54, 1.807) is 0 Å². The molecule has 0 aromatic rings. The first-order valence-electron chi connectivity index (χ1n) is 9.44. The van der Waals surface area contributed by atoms with Gasteiger partial charge in [0.15, 0.2) is 0 Å². The second-order valence-electron chi connectivity index (χ2n) is 8.51. The Morgan fingerprint density at radius 2 is 1.50 bits per heavy atom. The van der Waals surface area contributed by atoms with Crippen molar-refractivity contribution in [2.45, 2.75) is 75.2 Å². The maximum atomic E-state index is 12.0. The second-order valence-corrected chi connectivity index (χ2v) is 8.51. The van der Waals surface area contributed by atoms with Gasteiger partial charge in [0.05, 0.1) is 19.8 Å². The summed E-state index contributed by atoms with van der Waals surface area (Å²) in [7, 11) is 0. The van der Waals surface area contributed by atoms with Crippen molar-refractivity contribution in [2.75, 3.05) is 33.0 Å². The van der Waals surface area contributed by atoms with Crippen LogP contribution in [0.1, 0.15) is 75.2 Å². The molecular formula is C20H43NO3. The van der Waals surface area contributed by atoms with E-state index >= 15 is 0 Å². The summed E-state index contributed by atoms with van der Waals surface area (Å²) in [5.74, 6) is 0.657. The van der Waals surface area contributed by atoms with E-state index in [0.717, 1.165) is 13.0 Å². The molecule has 0 rings (SSSR count). The van der Waals surface area contributed by atoms with Crippen LogP contribution < -0.4 is 5.32 Å². The van der Waals surface area contributed by atoms with E-state index in [1.165, 1.54) is 0 Å². The second kappa shape index (κ2) is 13.7. The van der Waals surface area contributed by atoms with E-state index in [9.17, 15) is 4.79 Å². The highest BCUT2D eigenvalue weighted by Crippen LogP contribution is 2.35. The van der Waals surface area contributed by atoms with Gasteiger partial charge in [-0.1, -0.05) is 62.3 Å². The van der Waals surface area contributed by atoms with Crippen LogP contribution in [-0.2, 0) is 14.3 Å². The smallest absolute Gasteiger partial charge is 0.220 e. The van der Waals surface area contributed by atoms with E-state index in [0.29, 0.717) is 38.7 Å². The normalized spacial score (nSPS) is 11.9. The molecule has 1 amide bonds. The van der Waals surface area contributed by atoms with Crippen LogP contribution in [0.4, 0.5) is 0 Å². The van der Waals surface area contributed by atoms with E-state index in [1.807, 2.05) is 13.8 Å². The molecule has 1 N–H and O–H groups in total. The van der Waals surface area contributed by atoms with Crippen molar-refractivity contribution in [3.8, 4) is 0 Å². The Hall–Kier alpha value is -0.610. The largest absolute Gasteiger partial charge is 0.379 e. The Kier molecular flexibility index (Phi) is 14.6. The molecule has 146 valence electrons. The minimum absolute atomic E-state index is 0.0217. The topological polar surface area (TPSA) is 47.6 Å². The van der Waals surface area contributed by atoms with Gasteiger partial charge in [0.2, 0.25) is 5.91 Å². The summed E-state index contributed by atoms with van der Waals surface area (Å²) in [5, 5.41) is 2.93. The third kappa shape index (κ3) is 19.4. The van der Waals surface area contributed by atoms with Crippen molar-refractivity contribution in [3.05, 3.63) is 0 Å². The molecule has 4 heteroatoms.